The molecule has 3 aromatic rings. The molecular formula is C19H19ClN4O2S. The van der Waals surface area contributed by atoms with Gasteiger partial charge in [-0.05, 0) is 43.4 Å². The van der Waals surface area contributed by atoms with Crippen molar-refractivity contribution >= 4 is 40.3 Å². The van der Waals surface area contributed by atoms with Gasteiger partial charge in [-0.1, -0.05) is 35.9 Å². The first-order chi connectivity index (χ1) is 12.9. The Morgan fingerprint density at radius 3 is 2.48 bits per heavy atom. The summed E-state index contributed by atoms with van der Waals surface area (Å²) in [5.41, 5.74) is 2.35. The summed E-state index contributed by atoms with van der Waals surface area (Å²) in [5, 5.41) is 6.75. The van der Waals surface area contributed by atoms with Crippen LogP contribution in [0.3, 0.4) is 0 Å². The number of para-hydroxylation sites is 2. The van der Waals surface area contributed by atoms with Crippen molar-refractivity contribution in [3.8, 4) is 11.4 Å². The minimum atomic E-state index is -0.191. The Bertz CT molecular complexity index is 1040. The number of rotatable bonds is 4. The van der Waals surface area contributed by atoms with Crippen molar-refractivity contribution in [1.29, 1.82) is 0 Å². The molecule has 0 fully saturated rings. The molecule has 1 heterocycles. The smallest absolute Gasteiger partial charge is 0.295 e. The number of methoxy groups -OCH3 is 1. The maximum absolute atomic E-state index is 12.9. The third-order valence-corrected chi connectivity index (χ3v) is 4.71. The van der Waals surface area contributed by atoms with E-state index in [2.05, 4.69) is 10.6 Å². The molecule has 6 nitrogen and oxygen atoms in total. The number of nitrogens with one attached hydrogen (secondary N) is 2. The van der Waals surface area contributed by atoms with Gasteiger partial charge in [-0.25, -0.2) is 4.68 Å². The summed E-state index contributed by atoms with van der Waals surface area (Å²) in [4.78, 5) is 12.9. The fraction of sp³-hybridized carbons (Fsp3) is 0.158. The lowest BCUT2D eigenvalue weighted by Crippen LogP contribution is -2.25. The first kappa shape index (κ1) is 19.0. The molecule has 3 rings (SSSR count). The Morgan fingerprint density at radius 2 is 1.81 bits per heavy atom. The number of thiocarbonyl (C=S) groups is 1. The van der Waals surface area contributed by atoms with Crippen LogP contribution in [-0.4, -0.2) is 21.6 Å². The summed E-state index contributed by atoms with van der Waals surface area (Å²) in [6.07, 6.45) is 0. The quantitative estimate of drug-likeness (QED) is 0.647. The van der Waals surface area contributed by atoms with Crippen molar-refractivity contribution in [2.45, 2.75) is 6.92 Å². The largest absolute Gasteiger partial charge is 0.493 e. The van der Waals surface area contributed by atoms with Gasteiger partial charge in [-0.15, -0.1) is 0 Å². The van der Waals surface area contributed by atoms with Crippen molar-refractivity contribution in [1.82, 2.24) is 9.36 Å². The van der Waals surface area contributed by atoms with Gasteiger partial charge in [-0.3, -0.25) is 9.48 Å². The van der Waals surface area contributed by atoms with E-state index in [4.69, 9.17) is 28.6 Å². The van der Waals surface area contributed by atoms with Gasteiger partial charge in [-0.2, -0.15) is 0 Å². The predicted molar refractivity (Wildman–Crippen MR) is 114 cm³/mol. The Hall–Kier alpha value is -2.77. The molecule has 0 aliphatic heterocycles. The molecular weight excluding hydrogens is 384 g/mol. The molecule has 2 N–H and O–H groups in total. The average Bonchev–Trinajstić information content (AvgIpc) is 2.86. The molecule has 0 saturated carbocycles. The van der Waals surface area contributed by atoms with E-state index in [0.717, 1.165) is 11.4 Å². The van der Waals surface area contributed by atoms with Crippen LogP contribution in [0, 0.1) is 6.92 Å². The zero-order valence-corrected chi connectivity index (χ0v) is 16.7. The Kier molecular flexibility index (Phi) is 5.53. The highest BCUT2D eigenvalue weighted by molar-refractivity contribution is 7.80. The highest BCUT2D eigenvalue weighted by Gasteiger charge is 2.17. The van der Waals surface area contributed by atoms with Gasteiger partial charge >= 0.3 is 0 Å². The molecule has 8 heteroatoms. The first-order valence-electron chi connectivity index (χ1n) is 8.18. The van der Waals surface area contributed by atoms with E-state index >= 15 is 0 Å². The van der Waals surface area contributed by atoms with Crippen LogP contribution >= 0.6 is 23.8 Å². The second-order valence-corrected chi connectivity index (χ2v) is 6.65. The van der Waals surface area contributed by atoms with E-state index in [1.165, 1.54) is 7.11 Å². The lowest BCUT2D eigenvalue weighted by atomic mass is 10.3. The SMILES string of the molecule is COc1c(Cl)cccc1NC(=S)Nc1c(C)n(C)n(-c2ccccc2)c1=O. The van der Waals surface area contributed by atoms with Crippen molar-refractivity contribution in [2.75, 3.05) is 17.7 Å². The predicted octanol–water partition coefficient (Wildman–Crippen LogP) is 3.96. The summed E-state index contributed by atoms with van der Waals surface area (Å²) in [5.74, 6) is 0.481. The highest BCUT2D eigenvalue weighted by atomic mass is 35.5. The van der Waals surface area contributed by atoms with E-state index in [1.807, 2.05) is 44.3 Å². The van der Waals surface area contributed by atoms with Crippen LogP contribution in [0.4, 0.5) is 11.4 Å². The Morgan fingerprint density at radius 1 is 1.11 bits per heavy atom. The zero-order chi connectivity index (χ0) is 19.6. The van der Waals surface area contributed by atoms with Crippen LogP contribution in [0.2, 0.25) is 5.02 Å². The first-order valence-corrected chi connectivity index (χ1v) is 8.97. The number of ether oxygens (including phenoxy) is 1. The van der Waals surface area contributed by atoms with Crippen LogP contribution in [-0.2, 0) is 7.05 Å². The van der Waals surface area contributed by atoms with Crippen LogP contribution in [0.15, 0.2) is 53.3 Å². The lowest BCUT2D eigenvalue weighted by Gasteiger charge is -2.13. The lowest BCUT2D eigenvalue weighted by molar-refractivity contribution is 0.417. The molecule has 0 bridgehead atoms. The van der Waals surface area contributed by atoms with Crippen LogP contribution in [0.25, 0.3) is 5.69 Å². The molecule has 2 aromatic carbocycles. The van der Waals surface area contributed by atoms with Crippen molar-refractivity contribution in [2.24, 2.45) is 7.05 Å². The van der Waals surface area contributed by atoms with Crippen LogP contribution < -0.4 is 20.9 Å². The third kappa shape index (κ3) is 3.70. The molecule has 140 valence electrons. The fourth-order valence-electron chi connectivity index (χ4n) is 2.79. The number of benzene rings is 2. The summed E-state index contributed by atoms with van der Waals surface area (Å²) in [6, 6.07) is 14.7. The fourth-order valence-corrected chi connectivity index (χ4v) is 3.26. The molecule has 0 unspecified atom stereocenters. The molecule has 1 aromatic heterocycles. The Balaban J connectivity index is 1.90. The van der Waals surface area contributed by atoms with Crippen molar-refractivity contribution in [3.05, 3.63) is 69.6 Å². The minimum Gasteiger partial charge on any atom is -0.493 e. The van der Waals surface area contributed by atoms with Crippen molar-refractivity contribution in [3.63, 3.8) is 0 Å². The summed E-state index contributed by atoms with van der Waals surface area (Å²) < 4.78 is 8.67. The van der Waals surface area contributed by atoms with Crippen LogP contribution in [0.1, 0.15) is 5.69 Å². The monoisotopic (exact) mass is 402 g/mol. The Labute approximate surface area is 167 Å². The summed E-state index contributed by atoms with van der Waals surface area (Å²) in [6.45, 7) is 1.85. The number of anilines is 2. The average molecular weight is 403 g/mol. The number of hydrogen-bond donors (Lipinski definition) is 2. The van der Waals surface area contributed by atoms with Crippen LogP contribution in [0.5, 0.6) is 5.75 Å². The minimum absolute atomic E-state index is 0.191. The van der Waals surface area contributed by atoms with Gasteiger partial charge < -0.3 is 15.4 Å². The van der Waals surface area contributed by atoms with Gasteiger partial charge in [0.2, 0.25) is 0 Å². The molecule has 0 saturated heterocycles. The van der Waals surface area contributed by atoms with Gasteiger partial charge in [0.05, 0.1) is 29.2 Å². The number of halogens is 1. The normalized spacial score (nSPS) is 10.5. The van der Waals surface area contributed by atoms with Crippen molar-refractivity contribution < 1.29 is 4.74 Å². The van der Waals surface area contributed by atoms with E-state index in [0.29, 0.717) is 22.1 Å². The maximum Gasteiger partial charge on any atom is 0.295 e. The van der Waals surface area contributed by atoms with E-state index in [-0.39, 0.29) is 10.7 Å². The van der Waals surface area contributed by atoms with Gasteiger partial charge in [0.25, 0.3) is 5.56 Å². The summed E-state index contributed by atoms with van der Waals surface area (Å²) >= 11 is 11.5. The molecule has 27 heavy (non-hydrogen) atoms. The number of nitrogens with zero attached hydrogens (tertiary/aromatic N) is 2. The third-order valence-electron chi connectivity index (χ3n) is 4.21. The highest BCUT2D eigenvalue weighted by Crippen LogP contribution is 2.32. The molecule has 0 aliphatic carbocycles. The van der Waals surface area contributed by atoms with Gasteiger partial charge in [0.1, 0.15) is 5.69 Å². The van der Waals surface area contributed by atoms with Gasteiger partial charge in [0, 0.05) is 7.05 Å². The second kappa shape index (κ2) is 7.85. The van der Waals surface area contributed by atoms with E-state index < -0.39 is 0 Å². The molecule has 0 aliphatic rings. The maximum atomic E-state index is 12.9. The molecule has 0 radical (unpaired) electrons. The van der Waals surface area contributed by atoms with Gasteiger partial charge in [0.15, 0.2) is 10.9 Å². The van der Waals surface area contributed by atoms with E-state index in [9.17, 15) is 4.79 Å². The summed E-state index contributed by atoms with van der Waals surface area (Å²) in [7, 11) is 3.36. The standard InChI is InChI=1S/C19H19ClN4O2S/c1-12-16(18(25)24(23(12)2)13-8-5-4-6-9-13)22-19(27)21-15-11-7-10-14(20)17(15)26-3/h4-11H,1-3H3,(H2,21,22,27). The zero-order valence-electron chi connectivity index (χ0n) is 15.1. The number of hydrogen-bond acceptors (Lipinski definition) is 3. The molecule has 0 amide bonds. The number of aromatic nitrogens is 2. The van der Waals surface area contributed by atoms with E-state index in [1.54, 1.807) is 27.6 Å². The topological polar surface area (TPSA) is 60.2 Å². The molecule has 0 spiro atoms. The second-order valence-electron chi connectivity index (χ2n) is 5.84. The molecule has 0 atom stereocenters.